The SMILES string of the molecule is CCCCOc1cc(N(Cc2cnc[nH]2)c2cccc(C(=O)O)c2)ccc1OC(F)F. The Balaban J connectivity index is 2.01. The van der Waals surface area contributed by atoms with Crippen LogP contribution < -0.4 is 14.4 Å². The fourth-order valence-electron chi connectivity index (χ4n) is 2.98. The molecular weight excluding hydrogens is 408 g/mol. The number of nitrogens with zero attached hydrogens (tertiary/aromatic N) is 2. The number of anilines is 2. The third-order valence-electron chi connectivity index (χ3n) is 4.50. The van der Waals surface area contributed by atoms with Crippen LogP contribution in [0.1, 0.15) is 35.8 Å². The summed E-state index contributed by atoms with van der Waals surface area (Å²) in [5.41, 5.74) is 2.13. The molecule has 1 heterocycles. The highest BCUT2D eigenvalue weighted by Crippen LogP contribution is 2.37. The summed E-state index contributed by atoms with van der Waals surface area (Å²) in [6.07, 6.45) is 4.84. The van der Waals surface area contributed by atoms with E-state index in [-0.39, 0.29) is 17.1 Å². The first-order valence-corrected chi connectivity index (χ1v) is 9.77. The summed E-state index contributed by atoms with van der Waals surface area (Å²) in [5.74, 6) is -0.918. The average Bonchev–Trinajstić information content (AvgIpc) is 3.26. The van der Waals surface area contributed by atoms with Crippen molar-refractivity contribution in [3.8, 4) is 11.5 Å². The minimum Gasteiger partial charge on any atom is -0.490 e. The Bertz CT molecular complexity index is 996. The number of ether oxygens (including phenoxy) is 2. The number of hydrogen-bond acceptors (Lipinski definition) is 5. The number of unbranched alkanes of at least 4 members (excludes halogenated alkanes) is 1. The molecule has 3 rings (SSSR count). The molecule has 0 aliphatic heterocycles. The molecule has 0 radical (unpaired) electrons. The number of carboxylic acid groups (broad SMARTS) is 1. The number of H-pyrrole nitrogens is 1. The number of aromatic carboxylic acids is 1. The Kier molecular flexibility index (Phi) is 7.42. The van der Waals surface area contributed by atoms with Crippen molar-refractivity contribution >= 4 is 17.3 Å². The summed E-state index contributed by atoms with van der Waals surface area (Å²) < 4.78 is 36.0. The Morgan fingerprint density at radius 1 is 1.19 bits per heavy atom. The minimum atomic E-state index is -2.98. The van der Waals surface area contributed by atoms with E-state index in [1.54, 1.807) is 42.9 Å². The van der Waals surface area contributed by atoms with Gasteiger partial charge in [-0.2, -0.15) is 8.78 Å². The lowest BCUT2D eigenvalue weighted by Crippen LogP contribution is -2.17. The van der Waals surface area contributed by atoms with Crippen molar-refractivity contribution in [2.24, 2.45) is 0 Å². The third-order valence-corrected chi connectivity index (χ3v) is 4.50. The summed E-state index contributed by atoms with van der Waals surface area (Å²) in [5, 5.41) is 9.36. The van der Waals surface area contributed by atoms with Crippen molar-refractivity contribution < 1.29 is 28.2 Å². The minimum absolute atomic E-state index is 0.0596. The van der Waals surface area contributed by atoms with Gasteiger partial charge in [-0.15, -0.1) is 0 Å². The van der Waals surface area contributed by atoms with Gasteiger partial charge in [-0.1, -0.05) is 19.4 Å². The van der Waals surface area contributed by atoms with Gasteiger partial charge in [0.1, 0.15) is 0 Å². The number of carboxylic acids is 1. The topological polar surface area (TPSA) is 87.7 Å². The fraction of sp³-hybridized carbons (Fsp3) is 0.273. The molecular formula is C22H23F2N3O4. The van der Waals surface area contributed by atoms with Crippen LogP contribution in [0.25, 0.3) is 0 Å². The van der Waals surface area contributed by atoms with Crippen LogP contribution in [0.3, 0.4) is 0 Å². The average molecular weight is 431 g/mol. The molecule has 0 atom stereocenters. The molecule has 0 saturated carbocycles. The van der Waals surface area contributed by atoms with Crippen LogP contribution in [0.4, 0.5) is 20.2 Å². The van der Waals surface area contributed by atoms with Crippen molar-refractivity contribution in [3.05, 3.63) is 66.2 Å². The standard InChI is InChI=1S/C22H23F2N3O4/c1-2-3-9-30-20-11-18(7-8-19(20)31-22(23)24)27(13-16-12-25-14-26-16)17-6-4-5-15(10-17)21(28)29/h4-8,10-12,14,22H,2-3,9,13H2,1H3,(H,25,26)(H,28,29). The van der Waals surface area contributed by atoms with Crippen molar-refractivity contribution in [1.82, 2.24) is 9.97 Å². The molecule has 9 heteroatoms. The zero-order valence-corrected chi connectivity index (χ0v) is 16.9. The van der Waals surface area contributed by atoms with Crippen LogP contribution in [0.5, 0.6) is 11.5 Å². The van der Waals surface area contributed by atoms with E-state index in [0.717, 1.165) is 18.5 Å². The van der Waals surface area contributed by atoms with Gasteiger partial charge in [0, 0.05) is 23.6 Å². The van der Waals surface area contributed by atoms with Gasteiger partial charge < -0.3 is 24.5 Å². The molecule has 0 bridgehead atoms. The summed E-state index contributed by atoms with van der Waals surface area (Å²) in [6, 6.07) is 11.1. The largest absolute Gasteiger partial charge is 0.490 e. The number of hydrogen-bond donors (Lipinski definition) is 2. The third kappa shape index (κ3) is 5.94. The molecule has 0 aliphatic carbocycles. The molecule has 0 spiro atoms. The van der Waals surface area contributed by atoms with Gasteiger partial charge in [0.2, 0.25) is 0 Å². The predicted octanol–water partition coefficient (Wildman–Crippen LogP) is 5.23. The molecule has 0 saturated heterocycles. The summed E-state index contributed by atoms with van der Waals surface area (Å²) >= 11 is 0. The van der Waals surface area contributed by atoms with Crippen molar-refractivity contribution in [2.45, 2.75) is 32.9 Å². The fourth-order valence-corrected chi connectivity index (χ4v) is 2.98. The first-order chi connectivity index (χ1) is 15.0. The number of carbonyl (C=O) groups is 1. The van der Waals surface area contributed by atoms with Crippen molar-refractivity contribution in [1.29, 1.82) is 0 Å². The van der Waals surface area contributed by atoms with Gasteiger partial charge in [-0.05, 0) is 36.8 Å². The number of benzene rings is 2. The lowest BCUT2D eigenvalue weighted by atomic mass is 10.1. The van der Waals surface area contributed by atoms with Crippen LogP contribution in [0, 0.1) is 0 Å². The molecule has 0 amide bonds. The predicted molar refractivity (Wildman–Crippen MR) is 111 cm³/mol. The quantitative estimate of drug-likeness (QED) is 0.405. The van der Waals surface area contributed by atoms with E-state index in [1.165, 1.54) is 12.1 Å². The lowest BCUT2D eigenvalue weighted by molar-refractivity contribution is -0.0515. The van der Waals surface area contributed by atoms with Gasteiger partial charge >= 0.3 is 12.6 Å². The van der Waals surface area contributed by atoms with Crippen molar-refractivity contribution in [2.75, 3.05) is 11.5 Å². The maximum atomic E-state index is 12.8. The van der Waals surface area contributed by atoms with E-state index in [9.17, 15) is 18.7 Å². The molecule has 3 aromatic rings. The zero-order valence-electron chi connectivity index (χ0n) is 16.9. The number of rotatable bonds is 11. The highest BCUT2D eigenvalue weighted by Gasteiger charge is 2.18. The van der Waals surface area contributed by atoms with Gasteiger partial charge in [0.25, 0.3) is 0 Å². The molecule has 1 aromatic heterocycles. The number of alkyl halides is 2. The zero-order chi connectivity index (χ0) is 22.2. The highest BCUT2D eigenvalue weighted by atomic mass is 19.3. The first-order valence-electron chi connectivity index (χ1n) is 9.77. The van der Waals surface area contributed by atoms with Crippen LogP contribution in [-0.4, -0.2) is 34.3 Å². The Morgan fingerprint density at radius 2 is 2.00 bits per heavy atom. The Labute approximate surface area is 178 Å². The summed E-state index contributed by atoms with van der Waals surface area (Å²) in [7, 11) is 0. The van der Waals surface area contributed by atoms with Gasteiger partial charge in [0.15, 0.2) is 11.5 Å². The number of imidazole rings is 1. The summed E-state index contributed by atoms with van der Waals surface area (Å²) in [6.45, 7) is -0.285. The van der Waals surface area contributed by atoms with Crippen LogP contribution in [0.15, 0.2) is 55.0 Å². The second-order valence-corrected chi connectivity index (χ2v) is 6.73. The highest BCUT2D eigenvalue weighted by molar-refractivity contribution is 5.89. The van der Waals surface area contributed by atoms with Crippen LogP contribution >= 0.6 is 0 Å². The molecule has 0 unspecified atom stereocenters. The first kappa shape index (κ1) is 22.1. The molecule has 7 nitrogen and oxygen atoms in total. The number of nitrogens with one attached hydrogen (secondary N) is 1. The monoisotopic (exact) mass is 431 g/mol. The van der Waals surface area contributed by atoms with Crippen molar-refractivity contribution in [3.63, 3.8) is 0 Å². The molecule has 0 fully saturated rings. The van der Waals surface area contributed by atoms with Gasteiger partial charge in [0.05, 0.1) is 30.7 Å². The molecule has 164 valence electrons. The maximum absolute atomic E-state index is 12.8. The second-order valence-electron chi connectivity index (χ2n) is 6.73. The van der Waals surface area contributed by atoms with Crippen LogP contribution in [-0.2, 0) is 6.54 Å². The van der Waals surface area contributed by atoms with E-state index >= 15 is 0 Å². The number of aromatic nitrogens is 2. The molecule has 2 N–H and O–H groups in total. The van der Waals surface area contributed by atoms with E-state index in [2.05, 4.69) is 14.7 Å². The molecule has 31 heavy (non-hydrogen) atoms. The Morgan fingerprint density at radius 3 is 2.68 bits per heavy atom. The van der Waals surface area contributed by atoms with Gasteiger partial charge in [-0.3, -0.25) is 0 Å². The van der Waals surface area contributed by atoms with E-state index < -0.39 is 12.6 Å². The van der Waals surface area contributed by atoms with Gasteiger partial charge in [-0.25, -0.2) is 9.78 Å². The molecule has 2 aromatic carbocycles. The van der Waals surface area contributed by atoms with Crippen LogP contribution in [0.2, 0.25) is 0 Å². The normalized spacial score (nSPS) is 10.8. The maximum Gasteiger partial charge on any atom is 0.387 e. The Hall–Kier alpha value is -3.62. The number of halogens is 2. The smallest absolute Gasteiger partial charge is 0.387 e. The van der Waals surface area contributed by atoms with E-state index in [0.29, 0.717) is 24.5 Å². The van der Waals surface area contributed by atoms with E-state index in [1.807, 2.05) is 11.8 Å². The molecule has 0 aliphatic rings. The second kappa shape index (κ2) is 10.4. The van der Waals surface area contributed by atoms with E-state index in [4.69, 9.17) is 4.74 Å². The lowest BCUT2D eigenvalue weighted by Gasteiger charge is -2.26. The number of aromatic amines is 1. The summed E-state index contributed by atoms with van der Waals surface area (Å²) in [4.78, 5) is 20.3.